The number of carbonyl (C=O) groups excluding carboxylic acids is 1. The summed E-state index contributed by atoms with van der Waals surface area (Å²) in [6, 6.07) is 11.9. The van der Waals surface area contributed by atoms with Crippen molar-refractivity contribution in [1.29, 1.82) is 0 Å². The van der Waals surface area contributed by atoms with Crippen LogP contribution in [0.1, 0.15) is 24.3 Å². The van der Waals surface area contributed by atoms with E-state index in [9.17, 15) is 13.2 Å². The van der Waals surface area contributed by atoms with Gasteiger partial charge < -0.3 is 14.8 Å². The SMILES string of the molecule is COc1cccc(OC)c1N1C(=O)C=CNC1S(=O)(=O)c1ccc(C2CC2)cc1. The van der Waals surface area contributed by atoms with E-state index in [1.807, 2.05) is 12.1 Å². The molecule has 0 spiro atoms. The molecular formula is C21H22N2O5S. The second-order valence-electron chi connectivity index (χ2n) is 6.96. The summed E-state index contributed by atoms with van der Waals surface area (Å²) in [5.41, 5.74) is 0.0549. The second kappa shape index (κ2) is 7.44. The summed E-state index contributed by atoms with van der Waals surface area (Å²) in [6.45, 7) is 0. The molecule has 1 aliphatic heterocycles. The molecule has 1 saturated carbocycles. The Hall–Kier alpha value is -3.00. The largest absolute Gasteiger partial charge is 0.494 e. The fraction of sp³-hybridized carbons (Fsp3) is 0.286. The summed E-state index contributed by atoms with van der Waals surface area (Å²) in [6.07, 6.45) is 4.89. The van der Waals surface area contributed by atoms with Crippen molar-refractivity contribution in [3.63, 3.8) is 0 Å². The third-order valence-electron chi connectivity index (χ3n) is 5.13. The van der Waals surface area contributed by atoms with Crippen molar-refractivity contribution in [2.24, 2.45) is 0 Å². The fourth-order valence-corrected chi connectivity index (χ4v) is 4.99. The highest BCUT2D eigenvalue weighted by atomic mass is 32.2. The first-order valence-electron chi connectivity index (χ1n) is 9.28. The van der Waals surface area contributed by atoms with E-state index < -0.39 is 21.2 Å². The Morgan fingerprint density at radius 1 is 1.00 bits per heavy atom. The number of hydrogen-bond acceptors (Lipinski definition) is 6. The van der Waals surface area contributed by atoms with E-state index in [4.69, 9.17) is 9.47 Å². The van der Waals surface area contributed by atoms with E-state index >= 15 is 0 Å². The number of benzene rings is 2. The Kier molecular flexibility index (Phi) is 4.96. The first-order valence-corrected chi connectivity index (χ1v) is 10.8. The summed E-state index contributed by atoms with van der Waals surface area (Å²) in [5.74, 6) is 0.700. The maximum absolute atomic E-state index is 13.4. The molecule has 1 unspecified atom stereocenters. The highest BCUT2D eigenvalue weighted by Gasteiger charge is 2.40. The van der Waals surface area contributed by atoms with Gasteiger partial charge in [-0.2, -0.15) is 0 Å². The third kappa shape index (κ3) is 3.44. The molecular weight excluding hydrogens is 392 g/mol. The molecule has 2 aromatic rings. The summed E-state index contributed by atoms with van der Waals surface area (Å²) in [4.78, 5) is 14.1. The van der Waals surface area contributed by atoms with E-state index in [1.165, 1.54) is 26.5 Å². The summed E-state index contributed by atoms with van der Waals surface area (Å²) in [7, 11) is -1.02. The lowest BCUT2D eigenvalue weighted by molar-refractivity contribution is -0.114. The maximum Gasteiger partial charge on any atom is 0.255 e. The van der Waals surface area contributed by atoms with Crippen molar-refractivity contribution in [1.82, 2.24) is 5.32 Å². The van der Waals surface area contributed by atoms with Gasteiger partial charge in [0.2, 0.25) is 15.3 Å². The van der Waals surface area contributed by atoms with Crippen molar-refractivity contribution in [2.75, 3.05) is 19.1 Å². The van der Waals surface area contributed by atoms with Crippen LogP contribution in [0.2, 0.25) is 0 Å². The van der Waals surface area contributed by atoms with Gasteiger partial charge in [-0.25, -0.2) is 8.42 Å². The first kappa shape index (κ1) is 19.3. The minimum atomic E-state index is -3.93. The average molecular weight is 414 g/mol. The van der Waals surface area contributed by atoms with E-state index in [-0.39, 0.29) is 10.6 Å². The standard InChI is InChI=1S/C21H22N2O5S/c1-27-17-4-3-5-18(28-2)20(17)23-19(24)12-13-22-21(23)29(25,26)16-10-8-15(9-11-16)14-6-7-14/h3-5,8-14,21-22H,6-7H2,1-2H3. The Bertz CT molecular complexity index is 1040. The number of anilines is 1. The predicted molar refractivity (Wildman–Crippen MR) is 109 cm³/mol. The van der Waals surface area contributed by atoms with E-state index in [0.717, 1.165) is 23.3 Å². The topological polar surface area (TPSA) is 84.9 Å². The number of rotatable bonds is 6. The predicted octanol–water partition coefficient (Wildman–Crippen LogP) is 2.79. The van der Waals surface area contributed by atoms with Crippen molar-refractivity contribution in [3.05, 3.63) is 60.3 Å². The zero-order chi connectivity index (χ0) is 20.6. The van der Waals surface area contributed by atoms with Crippen LogP contribution in [0.5, 0.6) is 11.5 Å². The van der Waals surface area contributed by atoms with Gasteiger partial charge in [-0.05, 0) is 48.6 Å². The number of amides is 1. The Balaban J connectivity index is 1.79. The molecule has 1 aliphatic carbocycles. The molecule has 7 nitrogen and oxygen atoms in total. The third-order valence-corrected chi connectivity index (χ3v) is 6.99. The van der Waals surface area contributed by atoms with Crippen LogP contribution in [0.25, 0.3) is 0 Å². The first-order chi connectivity index (χ1) is 14.0. The molecule has 2 aromatic carbocycles. The fourth-order valence-electron chi connectivity index (χ4n) is 3.47. The van der Waals surface area contributed by atoms with Crippen LogP contribution in [0.4, 0.5) is 5.69 Å². The maximum atomic E-state index is 13.4. The van der Waals surface area contributed by atoms with Crippen LogP contribution >= 0.6 is 0 Å². The van der Waals surface area contributed by atoms with Crippen molar-refractivity contribution >= 4 is 21.4 Å². The summed E-state index contributed by atoms with van der Waals surface area (Å²) < 4.78 is 37.7. The molecule has 1 atom stereocenters. The Morgan fingerprint density at radius 3 is 2.17 bits per heavy atom. The number of hydrogen-bond donors (Lipinski definition) is 1. The average Bonchev–Trinajstić information content (AvgIpc) is 3.58. The molecule has 2 aliphatic rings. The van der Waals surface area contributed by atoms with Gasteiger partial charge in [-0.3, -0.25) is 9.69 Å². The zero-order valence-electron chi connectivity index (χ0n) is 16.2. The van der Waals surface area contributed by atoms with Crippen LogP contribution in [-0.2, 0) is 14.6 Å². The number of ether oxygens (including phenoxy) is 2. The number of methoxy groups -OCH3 is 2. The smallest absolute Gasteiger partial charge is 0.255 e. The summed E-state index contributed by atoms with van der Waals surface area (Å²) in [5, 5.41) is 2.81. The normalized spacial score (nSPS) is 19.0. The highest BCUT2D eigenvalue weighted by molar-refractivity contribution is 7.92. The van der Waals surface area contributed by atoms with Crippen LogP contribution in [0.3, 0.4) is 0 Å². The molecule has 1 heterocycles. The van der Waals surface area contributed by atoms with E-state index in [1.54, 1.807) is 30.3 Å². The molecule has 8 heteroatoms. The van der Waals surface area contributed by atoms with Gasteiger partial charge in [0.25, 0.3) is 5.91 Å². The Morgan fingerprint density at radius 2 is 1.62 bits per heavy atom. The number of carbonyl (C=O) groups is 1. The molecule has 0 bridgehead atoms. The highest BCUT2D eigenvalue weighted by Crippen LogP contribution is 2.42. The lowest BCUT2D eigenvalue weighted by atomic mass is 10.1. The minimum absolute atomic E-state index is 0.140. The van der Waals surface area contributed by atoms with Crippen LogP contribution in [0, 0.1) is 0 Å². The lowest BCUT2D eigenvalue weighted by Gasteiger charge is -2.34. The monoisotopic (exact) mass is 414 g/mol. The number of para-hydroxylation sites is 1. The van der Waals surface area contributed by atoms with Gasteiger partial charge in [-0.1, -0.05) is 18.2 Å². The van der Waals surface area contributed by atoms with Crippen molar-refractivity contribution in [2.45, 2.75) is 29.2 Å². The molecule has 0 radical (unpaired) electrons. The minimum Gasteiger partial charge on any atom is -0.494 e. The molecule has 0 aromatic heterocycles. The second-order valence-corrected chi connectivity index (χ2v) is 8.97. The molecule has 0 saturated heterocycles. The van der Waals surface area contributed by atoms with Crippen molar-refractivity contribution in [3.8, 4) is 11.5 Å². The van der Waals surface area contributed by atoms with E-state index in [2.05, 4.69) is 5.32 Å². The number of sulfone groups is 1. The summed E-state index contributed by atoms with van der Waals surface area (Å²) >= 11 is 0. The molecule has 1 N–H and O–H groups in total. The molecule has 29 heavy (non-hydrogen) atoms. The van der Waals surface area contributed by atoms with Crippen LogP contribution < -0.4 is 19.7 Å². The number of nitrogens with one attached hydrogen (secondary N) is 1. The van der Waals surface area contributed by atoms with E-state index in [0.29, 0.717) is 17.4 Å². The molecule has 152 valence electrons. The lowest BCUT2D eigenvalue weighted by Crippen LogP contribution is -2.54. The van der Waals surface area contributed by atoms with Gasteiger partial charge >= 0.3 is 0 Å². The van der Waals surface area contributed by atoms with Gasteiger partial charge in [0.05, 0.1) is 19.1 Å². The van der Waals surface area contributed by atoms with Gasteiger partial charge in [0.15, 0.2) is 0 Å². The number of nitrogens with zero attached hydrogens (tertiary/aromatic N) is 1. The molecule has 1 amide bonds. The zero-order valence-corrected chi connectivity index (χ0v) is 17.0. The van der Waals surface area contributed by atoms with Gasteiger partial charge in [-0.15, -0.1) is 0 Å². The van der Waals surface area contributed by atoms with Gasteiger partial charge in [0, 0.05) is 12.3 Å². The van der Waals surface area contributed by atoms with Crippen molar-refractivity contribution < 1.29 is 22.7 Å². The molecule has 1 fully saturated rings. The quantitative estimate of drug-likeness (QED) is 0.782. The van der Waals surface area contributed by atoms with Crippen LogP contribution in [0.15, 0.2) is 59.6 Å². The van der Waals surface area contributed by atoms with Gasteiger partial charge in [0.1, 0.15) is 17.2 Å². The molecule has 4 rings (SSSR count). The van der Waals surface area contributed by atoms with Crippen LogP contribution in [-0.4, -0.2) is 34.0 Å². The Labute approximate surface area is 169 Å².